The fraction of sp³-hybridized carbons (Fsp3) is 0.333. The van der Waals surface area contributed by atoms with Crippen molar-refractivity contribution in [2.45, 2.75) is 12.8 Å². The van der Waals surface area contributed by atoms with Crippen LogP contribution < -0.4 is 0 Å². The number of carbonyl (C=O) groups excluding carboxylic acids is 2. The summed E-state index contributed by atoms with van der Waals surface area (Å²) in [4.78, 5) is 36.1. The quantitative estimate of drug-likeness (QED) is 0.848. The van der Waals surface area contributed by atoms with E-state index in [4.69, 9.17) is 0 Å². The molecule has 1 aromatic heterocycles. The van der Waals surface area contributed by atoms with Crippen LogP contribution >= 0.6 is 0 Å². The molecule has 1 fully saturated rings. The molecular formula is C18H19FN4O2. The fourth-order valence-corrected chi connectivity index (χ4v) is 2.90. The summed E-state index contributed by atoms with van der Waals surface area (Å²) in [5.41, 5.74) is 1.10. The van der Waals surface area contributed by atoms with Gasteiger partial charge in [0.2, 0.25) is 5.91 Å². The summed E-state index contributed by atoms with van der Waals surface area (Å²) in [7, 11) is 0. The van der Waals surface area contributed by atoms with E-state index in [1.165, 1.54) is 30.9 Å². The first-order valence-electron chi connectivity index (χ1n) is 8.20. The van der Waals surface area contributed by atoms with Crippen molar-refractivity contribution in [1.29, 1.82) is 0 Å². The molecule has 130 valence electrons. The zero-order chi connectivity index (χ0) is 17.6. The highest BCUT2D eigenvalue weighted by atomic mass is 19.1. The molecule has 3 rings (SSSR count). The molecule has 1 aliphatic rings. The standard InChI is InChI=1S/C18H19FN4O2/c19-16-4-1-3-14(9-16)10-17(24)22-5-2-6-23(8-7-22)18(25)15-11-20-13-21-12-15/h1,3-4,9,11-13H,2,5-8,10H2. The maximum atomic E-state index is 13.2. The minimum atomic E-state index is -0.344. The Hall–Kier alpha value is -2.83. The molecule has 0 N–H and O–H groups in total. The van der Waals surface area contributed by atoms with Gasteiger partial charge in [0.15, 0.2) is 0 Å². The van der Waals surface area contributed by atoms with Gasteiger partial charge in [-0.25, -0.2) is 14.4 Å². The van der Waals surface area contributed by atoms with E-state index in [-0.39, 0.29) is 24.1 Å². The fourth-order valence-electron chi connectivity index (χ4n) is 2.90. The van der Waals surface area contributed by atoms with Crippen LogP contribution in [0, 0.1) is 5.82 Å². The Labute approximate surface area is 145 Å². The lowest BCUT2D eigenvalue weighted by Gasteiger charge is -2.22. The Balaban J connectivity index is 1.59. The van der Waals surface area contributed by atoms with Crippen LogP contribution in [0.15, 0.2) is 43.0 Å². The van der Waals surface area contributed by atoms with Crippen molar-refractivity contribution in [2.75, 3.05) is 26.2 Å². The van der Waals surface area contributed by atoms with Crippen LogP contribution in [0.4, 0.5) is 4.39 Å². The first-order chi connectivity index (χ1) is 12.1. The average molecular weight is 342 g/mol. The van der Waals surface area contributed by atoms with Crippen LogP contribution in [-0.2, 0) is 11.2 Å². The third-order valence-corrected chi connectivity index (χ3v) is 4.19. The third kappa shape index (κ3) is 4.37. The van der Waals surface area contributed by atoms with Gasteiger partial charge in [-0.2, -0.15) is 0 Å². The summed E-state index contributed by atoms with van der Waals surface area (Å²) in [6, 6.07) is 6.07. The first kappa shape index (κ1) is 17.0. The first-order valence-corrected chi connectivity index (χ1v) is 8.20. The van der Waals surface area contributed by atoms with E-state index in [1.54, 1.807) is 21.9 Å². The minimum Gasteiger partial charge on any atom is -0.341 e. The van der Waals surface area contributed by atoms with Crippen molar-refractivity contribution in [3.63, 3.8) is 0 Å². The van der Waals surface area contributed by atoms with Crippen molar-refractivity contribution in [3.8, 4) is 0 Å². The average Bonchev–Trinajstić information content (AvgIpc) is 2.88. The molecule has 2 amide bonds. The molecule has 0 atom stereocenters. The lowest BCUT2D eigenvalue weighted by Crippen LogP contribution is -2.38. The van der Waals surface area contributed by atoms with Crippen LogP contribution in [-0.4, -0.2) is 57.8 Å². The van der Waals surface area contributed by atoms with E-state index in [9.17, 15) is 14.0 Å². The van der Waals surface area contributed by atoms with E-state index in [2.05, 4.69) is 9.97 Å². The molecule has 1 aliphatic heterocycles. The van der Waals surface area contributed by atoms with Crippen molar-refractivity contribution in [3.05, 3.63) is 59.9 Å². The number of halogens is 1. The van der Waals surface area contributed by atoms with Crippen LogP contribution in [0.2, 0.25) is 0 Å². The zero-order valence-corrected chi connectivity index (χ0v) is 13.8. The number of carbonyl (C=O) groups is 2. The normalized spacial score (nSPS) is 14.9. The molecule has 0 aliphatic carbocycles. The van der Waals surface area contributed by atoms with Gasteiger partial charge >= 0.3 is 0 Å². The molecular weight excluding hydrogens is 323 g/mol. The van der Waals surface area contributed by atoms with E-state index in [0.717, 1.165) is 0 Å². The third-order valence-electron chi connectivity index (χ3n) is 4.19. The molecule has 2 aromatic rings. The summed E-state index contributed by atoms with van der Waals surface area (Å²) >= 11 is 0. The Morgan fingerprint density at radius 3 is 2.52 bits per heavy atom. The number of hydrogen-bond donors (Lipinski definition) is 0. The Morgan fingerprint density at radius 2 is 1.76 bits per heavy atom. The maximum Gasteiger partial charge on any atom is 0.257 e. The van der Waals surface area contributed by atoms with Crippen LogP contribution in [0.3, 0.4) is 0 Å². The lowest BCUT2D eigenvalue weighted by atomic mass is 10.1. The van der Waals surface area contributed by atoms with Crippen LogP contribution in [0.1, 0.15) is 22.3 Å². The highest BCUT2D eigenvalue weighted by Gasteiger charge is 2.23. The van der Waals surface area contributed by atoms with Gasteiger partial charge in [0.05, 0.1) is 12.0 Å². The Kier molecular flexibility index (Phi) is 5.33. The maximum absolute atomic E-state index is 13.2. The topological polar surface area (TPSA) is 66.4 Å². The summed E-state index contributed by atoms with van der Waals surface area (Å²) in [5, 5.41) is 0. The molecule has 0 spiro atoms. The second kappa shape index (κ2) is 7.83. The van der Waals surface area contributed by atoms with Gasteiger partial charge in [0.25, 0.3) is 5.91 Å². The molecule has 0 bridgehead atoms. The second-order valence-corrected chi connectivity index (χ2v) is 5.96. The second-order valence-electron chi connectivity index (χ2n) is 5.96. The summed E-state index contributed by atoms with van der Waals surface area (Å²) < 4.78 is 13.2. The lowest BCUT2D eigenvalue weighted by molar-refractivity contribution is -0.130. The van der Waals surface area contributed by atoms with Gasteiger partial charge < -0.3 is 9.80 Å². The van der Waals surface area contributed by atoms with Gasteiger partial charge in [-0.3, -0.25) is 9.59 Å². The molecule has 2 heterocycles. The van der Waals surface area contributed by atoms with E-state index in [0.29, 0.717) is 43.7 Å². The summed E-state index contributed by atoms with van der Waals surface area (Å²) in [6.45, 7) is 2.09. The molecule has 1 aromatic carbocycles. The molecule has 6 nitrogen and oxygen atoms in total. The monoisotopic (exact) mass is 342 g/mol. The minimum absolute atomic E-state index is 0.0528. The van der Waals surface area contributed by atoms with E-state index >= 15 is 0 Å². The number of aromatic nitrogens is 2. The van der Waals surface area contributed by atoms with Crippen LogP contribution in [0.5, 0.6) is 0 Å². The SMILES string of the molecule is O=C(Cc1cccc(F)c1)N1CCCN(C(=O)c2cncnc2)CC1. The Bertz CT molecular complexity index is 754. The summed E-state index contributed by atoms with van der Waals surface area (Å²) in [5.74, 6) is -0.522. The van der Waals surface area contributed by atoms with Crippen LogP contribution in [0.25, 0.3) is 0 Å². The van der Waals surface area contributed by atoms with Crippen molar-refractivity contribution in [2.24, 2.45) is 0 Å². The largest absolute Gasteiger partial charge is 0.341 e. The highest BCUT2D eigenvalue weighted by molar-refractivity contribution is 5.93. The Morgan fingerprint density at radius 1 is 1.04 bits per heavy atom. The smallest absolute Gasteiger partial charge is 0.257 e. The number of hydrogen-bond acceptors (Lipinski definition) is 4. The predicted octanol–water partition coefficient (Wildman–Crippen LogP) is 1.53. The van der Waals surface area contributed by atoms with Gasteiger partial charge in [-0.1, -0.05) is 12.1 Å². The molecule has 0 saturated carbocycles. The van der Waals surface area contributed by atoms with Gasteiger partial charge in [0.1, 0.15) is 12.1 Å². The molecule has 1 saturated heterocycles. The van der Waals surface area contributed by atoms with Crippen molar-refractivity contribution in [1.82, 2.24) is 19.8 Å². The zero-order valence-electron chi connectivity index (χ0n) is 13.8. The van der Waals surface area contributed by atoms with Gasteiger partial charge in [-0.05, 0) is 24.1 Å². The van der Waals surface area contributed by atoms with E-state index in [1.807, 2.05) is 0 Å². The number of benzene rings is 1. The molecule has 0 radical (unpaired) electrons. The molecule has 25 heavy (non-hydrogen) atoms. The van der Waals surface area contributed by atoms with Gasteiger partial charge in [-0.15, -0.1) is 0 Å². The van der Waals surface area contributed by atoms with Crippen molar-refractivity contribution < 1.29 is 14.0 Å². The van der Waals surface area contributed by atoms with Crippen molar-refractivity contribution >= 4 is 11.8 Å². The molecule has 0 unspecified atom stereocenters. The highest BCUT2D eigenvalue weighted by Crippen LogP contribution is 2.11. The number of amides is 2. The number of rotatable bonds is 3. The van der Waals surface area contributed by atoms with Gasteiger partial charge in [0, 0.05) is 38.6 Å². The number of nitrogens with zero attached hydrogens (tertiary/aromatic N) is 4. The summed E-state index contributed by atoms with van der Waals surface area (Å²) in [6.07, 6.45) is 5.23. The van der Waals surface area contributed by atoms with E-state index < -0.39 is 0 Å². The molecule has 7 heteroatoms. The predicted molar refractivity (Wildman–Crippen MR) is 89.2 cm³/mol.